The molecule has 0 aliphatic heterocycles. The Kier molecular flexibility index (Phi) is 5.61. The van der Waals surface area contributed by atoms with Gasteiger partial charge in [-0.15, -0.1) is 11.3 Å². The van der Waals surface area contributed by atoms with Crippen molar-refractivity contribution in [1.29, 1.82) is 0 Å². The lowest BCUT2D eigenvalue weighted by atomic mass is 10.1. The summed E-state index contributed by atoms with van der Waals surface area (Å²) in [6, 6.07) is 17.8. The molecule has 0 fully saturated rings. The van der Waals surface area contributed by atoms with Gasteiger partial charge < -0.3 is 5.32 Å². The zero-order valence-corrected chi connectivity index (χ0v) is 18.5. The van der Waals surface area contributed by atoms with Gasteiger partial charge in [-0.3, -0.25) is 14.2 Å². The van der Waals surface area contributed by atoms with Crippen LogP contribution in [-0.4, -0.2) is 21.2 Å². The van der Waals surface area contributed by atoms with E-state index in [1.807, 2.05) is 47.8 Å². The van der Waals surface area contributed by atoms with Crippen LogP contribution in [0.1, 0.15) is 23.1 Å². The van der Waals surface area contributed by atoms with E-state index in [4.69, 9.17) is 0 Å². The lowest BCUT2D eigenvalue weighted by Gasteiger charge is -2.12. The summed E-state index contributed by atoms with van der Waals surface area (Å²) in [5.74, 6) is 0.0856. The molecule has 0 saturated carbocycles. The van der Waals surface area contributed by atoms with Crippen molar-refractivity contribution in [2.45, 2.75) is 31.0 Å². The molecular weight excluding hydrogens is 426 g/mol. The number of carbonyl (C=O) groups is 1. The Hall–Kier alpha value is -2.90. The van der Waals surface area contributed by atoms with Gasteiger partial charge in [0.25, 0.3) is 5.56 Å². The highest BCUT2D eigenvalue weighted by Gasteiger charge is 2.16. The molecule has 5 nitrogen and oxygen atoms in total. The van der Waals surface area contributed by atoms with Crippen LogP contribution in [0, 0.1) is 0 Å². The standard InChI is InChI=1S/C24H21N3O2S2/c28-21(25-19-10-9-17-7-4-8-18(17)13-19)15-31-24-26-20-11-12-30-22(20)23(29)27(24)14-16-5-2-1-3-6-16/h1-3,5-6,9-13H,4,7-8,14-15H2,(H,25,28). The maximum Gasteiger partial charge on any atom is 0.272 e. The molecule has 0 atom stereocenters. The molecule has 0 saturated heterocycles. The minimum Gasteiger partial charge on any atom is -0.325 e. The van der Waals surface area contributed by atoms with Gasteiger partial charge in [0.2, 0.25) is 5.91 Å². The molecule has 2 aromatic carbocycles. The molecule has 7 heteroatoms. The first-order valence-electron chi connectivity index (χ1n) is 10.2. The number of anilines is 1. The number of hydrogen-bond donors (Lipinski definition) is 1. The molecular formula is C24H21N3O2S2. The quantitative estimate of drug-likeness (QED) is 0.343. The number of rotatable bonds is 6. The molecule has 2 heterocycles. The third kappa shape index (κ3) is 4.29. The van der Waals surface area contributed by atoms with Crippen molar-refractivity contribution in [3.63, 3.8) is 0 Å². The maximum atomic E-state index is 13.1. The molecule has 0 bridgehead atoms. The van der Waals surface area contributed by atoms with Crippen molar-refractivity contribution in [2.24, 2.45) is 0 Å². The van der Waals surface area contributed by atoms with E-state index in [-0.39, 0.29) is 17.2 Å². The minimum absolute atomic E-state index is 0.0645. The van der Waals surface area contributed by atoms with E-state index in [1.165, 1.54) is 40.6 Å². The Labute approximate surface area is 188 Å². The SMILES string of the molecule is O=C(CSc1nc2ccsc2c(=O)n1Cc1ccccc1)Nc1ccc2c(c1)CCC2. The molecule has 0 unspecified atom stereocenters. The van der Waals surface area contributed by atoms with Gasteiger partial charge >= 0.3 is 0 Å². The predicted octanol–water partition coefficient (Wildman–Crippen LogP) is 4.73. The van der Waals surface area contributed by atoms with Gasteiger partial charge in [0.05, 0.1) is 17.8 Å². The van der Waals surface area contributed by atoms with Crippen LogP contribution >= 0.6 is 23.1 Å². The molecule has 1 N–H and O–H groups in total. The Bertz CT molecular complexity index is 1310. The predicted molar refractivity (Wildman–Crippen MR) is 127 cm³/mol. The second-order valence-corrected chi connectivity index (χ2v) is 9.44. The number of nitrogens with zero attached hydrogens (tertiary/aromatic N) is 2. The summed E-state index contributed by atoms with van der Waals surface area (Å²) >= 11 is 2.69. The molecule has 156 valence electrons. The third-order valence-electron chi connectivity index (χ3n) is 5.43. The van der Waals surface area contributed by atoms with Crippen LogP contribution < -0.4 is 10.9 Å². The van der Waals surface area contributed by atoms with Crippen molar-refractivity contribution >= 4 is 44.9 Å². The smallest absolute Gasteiger partial charge is 0.272 e. The normalized spacial score (nSPS) is 12.8. The Morgan fingerprint density at radius 1 is 1.10 bits per heavy atom. The van der Waals surface area contributed by atoms with E-state index in [0.717, 1.165) is 24.1 Å². The average Bonchev–Trinajstić information content (AvgIpc) is 3.44. The zero-order valence-electron chi connectivity index (χ0n) is 16.8. The highest BCUT2D eigenvalue weighted by atomic mass is 32.2. The number of fused-ring (bicyclic) bond motifs is 2. The first-order valence-corrected chi connectivity index (χ1v) is 12.1. The second-order valence-electron chi connectivity index (χ2n) is 7.58. The van der Waals surface area contributed by atoms with E-state index in [1.54, 1.807) is 4.57 Å². The molecule has 1 aliphatic rings. The van der Waals surface area contributed by atoms with Gasteiger partial charge in [-0.25, -0.2) is 4.98 Å². The highest BCUT2D eigenvalue weighted by molar-refractivity contribution is 7.99. The number of thiophene rings is 1. The average molecular weight is 448 g/mol. The largest absolute Gasteiger partial charge is 0.325 e. The topological polar surface area (TPSA) is 64.0 Å². The maximum absolute atomic E-state index is 13.1. The van der Waals surface area contributed by atoms with Crippen molar-refractivity contribution < 1.29 is 4.79 Å². The van der Waals surface area contributed by atoms with Crippen LogP contribution in [0.3, 0.4) is 0 Å². The van der Waals surface area contributed by atoms with Gasteiger partial charge in [-0.05, 0) is 59.5 Å². The monoisotopic (exact) mass is 447 g/mol. The summed E-state index contributed by atoms with van der Waals surface area (Å²) < 4.78 is 2.31. The van der Waals surface area contributed by atoms with Crippen molar-refractivity contribution in [3.05, 3.63) is 87.0 Å². The molecule has 0 radical (unpaired) electrons. The summed E-state index contributed by atoms with van der Waals surface area (Å²) in [7, 11) is 0. The first kappa shape index (κ1) is 20.0. The number of aromatic nitrogens is 2. The zero-order chi connectivity index (χ0) is 21.2. The van der Waals surface area contributed by atoms with Gasteiger partial charge in [0.1, 0.15) is 4.70 Å². The molecule has 0 spiro atoms. The first-order chi connectivity index (χ1) is 15.2. The molecule has 2 aromatic heterocycles. The van der Waals surface area contributed by atoms with E-state index in [2.05, 4.69) is 22.4 Å². The van der Waals surface area contributed by atoms with Crippen LogP contribution in [0.25, 0.3) is 10.2 Å². The summed E-state index contributed by atoms with van der Waals surface area (Å²) in [6.45, 7) is 0.426. The molecule has 5 rings (SSSR count). The summed E-state index contributed by atoms with van der Waals surface area (Å²) in [5, 5.41) is 5.42. The third-order valence-corrected chi connectivity index (χ3v) is 7.30. The van der Waals surface area contributed by atoms with E-state index >= 15 is 0 Å². The number of benzene rings is 2. The van der Waals surface area contributed by atoms with Crippen LogP contribution in [0.2, 0.25) is 0 Å². The van der Waals surface area contributed by atoms with Gasteiger partial charge in [0, 0.05) is 5.69 Å². The fourth-order valence-corrected chi connectivity index (χ4v) is 5.49. The number of carbonyl (C=O) groups excluding carboxylic acids is 1. The van der Waals surface area contributed by atoms with Gasteiger partial charge in [-0.2, -0.15) is 0 Å². The Morgan fingerprint density at radius 3 is 2.81 bits per heavy atom. The van der Waals surface area contributed by atoms with Crippen molar-refractivity contribution in [1.82, 2.24) is 9.55 Å². The Morgan fingerprint density at radius 2 is 1.94 bits per heavy atom. The van der Waals surface area contributed by atoms with Gasteiger partial charge in [-0.1, -0.05) is 48.2 Å². The van der Waals surface area contributed by atoms with Crippen molar-refractivity contribution in [2.75, 3.05) is 11.1 Å². The molecule has 1 amide bonds. The number of aryl methyl sites for hydroxylation is 2. The second kappa shape index (κ2) is 8.69. The van der Waals surface area contributed by atoms with Gasteiger partial charge in [0.15, 0.2) is 5.16 Å². The summed E-state index contributed by atoms with van der Waals surface area (Å²) in [6.07, 6.45) is 3.37. The number of nitrogens with one attached hydrogen (secondary N) is 1. The minimum atomic E-state index is -0.103. The van der Waals surface area contributed by atoms with E-state index in [9.17, 15) is 9.59 Å². The number of amides is 1. The lowest BCUT2D eigenvalue weighted by molar-refractivity contribution is -0.113. The van der Waals surface area contributed by atoms with Crippen LogP contribution in [-0.2, 0) is 24.2 Å². The highest BCUT2D eigenvalue weighted by Crippen LogP contribution is 2.26. The van der Waals surface area contributed by atoms with Crippen LogP contribution in [0.5, 0.6) is 0 Å². The van der Waals surface area contributed by atoms with E-state index in [0.29, 0.717) is 21.9 Å². The Balaban J connectivity index is 1.36. The number of thioether (sulfide) groups is 1. The fraction of sp³-hybridized carbons (Fsp3) is 0.208. The summed E-state index contributed by atoms with van der Waals surface area (Å²) in [4.78, 5) is 30.4. The molecule has 4 aromatic rings. The molecule has 1 aliphatic carbocycles. The lowest BCUT2D eigenvalue weighted by Crippen LogP contribution is -2.24. The van der Waals surface area contributed by atoms with Crippen LogP contribution in [0.15, 0.2) is 69.9 Å². The van der Waals surface area contributed by atoms with E-state index < -0.39 is 0 Å². The fourth-order valence-electron chi connectivity index (χ4n) is 3.92. The number of hydrogen-bond acceptors (Lipinski definition) is 5. The van der Waals surface area contributed by atoms with Crippen molar-refractivity contribution in [3.8, 4) is 0 Å². The van der Waals surface area contributed by atoms with Crippen LogP contribution in [0.4, 0.5) is 5.69 Å². The molecule has 31 heavy (non-hydrogen) atoms. The summed E-state index contributed by atoms with van der Waals surface area (Å²) in [5.41, 5.74) is 5.17.